The maximum absolute atomic E-state index is 14.9. The lowest BCUT2D eigenvalue weighted by molar-refractivity contribution is -0.117. The molecule has 3 aliphatic heterocycles. The van der Waals surface area contributed by atoms with Gasteiger partial charge in [0.1, 0.15) is 29.5 Å². The van der Waals surface area contributed by atoms with E-state index in [4.69, 9.17) is 0 Å². The van der Waals surface area contributed by atoms with Gasteiger partial charge in [0.15, 0.2) is 0 Å². The molecule has 9 rings (SSSR count). The van der Waals surface area contributed by atoms with Crippen molar-refractivity contribution in [2.45, 2.75) is 83.0 Å². The summed E-state index contributed by atoms with van der Waals surface area (Å²) in [5, 5.41) is 12.3. The van der Waals surface area contributed by atoms with Gasteiger partial charge in [0, 0.05) is 96.9 Å². The predicted octanol–water partition coefficient (Wildman–Crippen LogP) is 9.16. The molecule has 5 aromatic carbocycles. The number of amides is 2. The third-order valence-electron chi connectivity index (χ3n) is 13.5. The van der Waals surface area contributed by atoms with Gasteiger partial charge in [0.25, 0.3) is 0 Å². The number of anilines is 6. The monoisotopic (exact) mass is 841 g/mol. The van der Waals surface area contributed by atoms with Crippen molar-refractivity contribution in [1.29, 1.82) is 0 Å². The Hall–Kier alpha value is -6.01. The highest BCUT2D eigenvalue weighted by Crippen LogP contribution is 2.38. The second-order valence-corrected chi connectivity index (χ2v) is 17.6. The molecule has 0 aromatic heterocycles. The molecule has 2 atom stereocenters. The Kier molecular flexibility index (Phi) is 11.6. The number of carbonyl (C=O) groups excluding carboxylic acids is 2. The smallest absolute Gasteiger partial charge is 0.247 e. The molecule has 1 aliphatic carbocycles. The van der Waals surface area contributed by atoms with Crippen LogP contribution in [0.4, 0.5) is 47.3 Å². The first-order valence-electron chi connectivity index (χ1n) is 21.9. The summed E-state index contributed by atoms with van der Waals surface area (Å²) >= 11 is 0. The normalized spacial score (nSPS) is 20.6. The van der Waals surface area contributed by atoms with Crippen LogP contribution in [0.15, 0.2) is 91.0 Å². The molecule has 5 aromatic rings. The molecule has 3 heterocycles. The van der Waals surface area contributed by atoms with E-state index in [1.165, 1.54) is 29.4 Å². The van der Waals surface area contributed by atoms with Crippen molar-refractivity contribution in [3.8, 4) is 0 Å². The van der Waals surface area contributed by atoms with Crippen molar-refractivity contribution < 1.29 is 22.8 Å². The van der Waals surface area contributed by atoms with Crippen molar-refractivity contribution in [1.82, 2.24) is 4.90 Å². The van der Waals surface area contributed by atoms with E-state index in [1.54, 1.807) is 18.2 Å². The summed E-state index contributed by atoms with van der Waals surface area (Å²) in [5.74, 6) is -1.27. The summed E-state index contributed by atoms with van der Waals surface area (Å²) in [4.78, 5) is 33.6. The summed E-state index contributed by atoms with van der Waals surface area (Å²) in [6.45, 7) is 8.05. The van der Waals surface area contributed by atoms with Gasteiger partial charge >= 0.3 is 0 Å². The summed E-state index contributed by atoms with van der Waals surface area (Å²) in [5.41, 5.74) is 9.86. The summed E-state index contributed by atoms with van der Waals surface area (Å²) in [6.07, 6.45) is 4.41. The standard InChI is InChI=1S/C50H54F3N7O2/c1-30-10-16-43(52)41-27-45(56-47(30)41)49(61)54-36-7-5-9-40(26-36)60-20-18-59(19-21-60)39-8-4-6-32(22-39)29-58(3)38-14-12-33(13-15-38)34-23-35(51)25-37(24-34)55-50(62)46-28-42-44(53)17-11-31(2)48(42)57-46/h4-11,16-17,22-26,33,38,45-46,56-57H,12-15,18-21,27-29H2,1-3H3,(H,54,61)(H,55,62)/t33-,38-,45?,46?. The Balaban J connectivity index is 0.744. The maximum atomic E-state index is 14.9. The molecule has 62 heavy (non-hydrogen) atoms. The Morgan fingerprint density at radius 1 is 0.661 bits per heavy atom. The number of benzene rings is 5. The van der Waals surface area contributed by atoms with Crippen LogP contribution in [-0.2, 0) is 29.0 Å². The third kappa shape index (κ3) is 8.70. The molecule has 0 bridgehead atoms. The number of aryl methyl sites for hydroxylation is 2. The van der Waals surface area contributed by atoms with Gasteiger partial charge in [0.2, 0.25) is 11.8 Å². The Bertz CT molecular complexity index is 2440. The first kappa shape index (κ1) is 41.3. The fourth-order valence-electron chi connectivity index (χ4n) is 9.96. The topological polar surface area (TPSA) is 92.0 Å². The molecule has 2 unspecified atom stereocenters. The van der Waals surface area contributed by atoms with Crippen LogP contribution in [-0.4, -0.2) is 68.1 Å². The lowest BCUT2D eigenvalue weighted by Gasteiger charge is -2.38. The largest absolute Gasteiger partial charge is 0.373 e. The van der Waals surface area contributed by atoms with Crippen LogP contribution < -0.4 is 31.1 Å². The summed E-state index contributed by atoms with van der Waals surface area (Å²) in [7, 11) is 2.19. The first-order valence-corrected chi connectivity index (χ1v) is 21.9. The molecule has 9 nitrogen and oxygen atoms in total. The van der Waals surface area contributed by atoms with Gasteiger partial charge in [-0.2, -0.15) is 0 Å². The van der Waals surface area contributed by atoms with Crippen LogP contribution in [0.3, 0.4) is 0 Å². The lowest BCUT2D eigenvalue weighted by atomic mass is 9.81. The molecular weight excluding hydrogens is 788 g/mol. The van der Waals surface area contributed by atoms with E-state index < -0.39 is 12.1 Å². The molecule has 0 spiro atoms. The molecule has 12 heteroatoms. The van der Waals surface area contributed by atoms with E-state index in [9.17, 15) is 22.8 Å². The first-order chi connectivity index (χ1) is 29.9. The number of nitrogens with zero attached hydrogens (tertiary/aromatic N) is 3. The zero-order chi connectivity index (χ0) is 43.1. The molecular formula is C50H54F3N7O2. The number of piperazine rings is 1. The van der Waals surface area contributed by atoms with Gasteiger partial charge in [-0.25, -0.2) is 13.2 Å². The second-order valence-electron chi connectivity index (χ2n) is 17.6. The number of halogens is 3. The zero-order valence-electron chi connectivity index (χ0n) is 35.5. The second kappa shape index (κ2) is 17.4. The highest BCUT2D eigenvalue weighted by molar-refractivity contribution is 5.99. The highest BCUT2D eigenvalue weighted by Gasteiger charge is 2.32. The van der Waals surface area contributed by atoms with E-state index in [0.29, 0.717) is 35.0 Å². The van der Waals surface area contributed by atoms with Crippen molar-refractivity contribution >= 4 is 45.9 Å². The maximum Gasteiger partial charge on any atom is 0.247 e. The van der Waals surface area contributed by atoms with Crippen LogP contribution in [0, 0.1) is 31.3 Å². The Morgan fingerprint density at radius 2 is 1.21 bits per heavy atom. The Morgan fingerprint density at radius 3 is 1.79 bits per heavy atom. The van der Waals surface area contributed by atoms with Gasteiger partial charge in [-0.3, -0.25) is 14.5 Å². The van der Waals surface area contributed by atoms with Gasteiger partial charge in [-0.15, -0.1) is 0 Å². The minimum atomic E-state index is -0.623. The van der Waals surface area contributed by atoms with Gasteiger partial charge in [-0.1, -0.05) is 30.3 Å². The average Bonchev–Trinajstić information content (AvgIpc) is 3.95. The zero-order valence-corrected chi connectivity index (χ0v) is 35.5. The third-order valence-corrected chi connectivity index (χ3v) is 13.5. The van der Waals surface area contributed by atoms with E-state index in [-0.39, 0.29) is 41.6 Å². The van der Waals surface area contributed by atoms with Crippen LogP contribution in [0.25, 0.3) is 0 Å². The average molecular weight is 842 g/mol. The van der Waals surface area contributed by atoms with E-state index in [2.05, 4.69) is 73.3 Å². The number of nitrogens with one attached hydrogen (secondary N) is 4. The van der Waals surface area contributed by atoms with Crippen molar-refractivity contribution in [2.24, 2.45) is 0 Å². The molecule has 1 saturated heterocycles. The Labute approximate surface area is 361 Å². The van der Waals surface area contributed by atoms with Gasteiger partial charge in [0.05, 0.1) is 0 Å². The van der Waals surface area contributed by atoms with Crippen LogP contribution in [0.2, 0.25) is 0 Å². The van der Waals surface area contributed by atoms with Crippen LogP contribution in [0.5, 0.6) is 0 Å². The van der Waals surface area contributed by atoms with Gasteiger partial charge in [-0.05, 0) is 135 Å². The molecule has 1 saturated carbocycles. The highest BCUT2D eigenvalue weighted by atomic mass is 19.1. The fraction of sp³-hybridized carbons (Fsp3) is 0.360. The predicted molar refractivity (Wildman–Crippen MR) is 242 cm³/mol. The van der Waals surface area contributed by atoms with Crippen molar-refractivity contribution in [3.63, 3.8) is 0 Å². The number of carbonyl (C=O) groups is 2. The molecule has 2 fully saturated rings. The number of hydrogen-bond acceptors (Lipinski definition) is 7. The molecule has 4 N–H and O–H groups in total. The summed E-state index contributed by atoms with van der Waals surface area (Å²) in [6, 6.07) is 27.2. The number of fused-ring (bicyclic) bond motifs is 2. The van der Waals surface area contributed by atoms with Crippen molar-refractivity contribution in [2.75, 3.05) is 64.3 Å². The number of hydrogen-bond donors (Lipinski definition) is 4. The van der Waals surface area contributed by atoms with Crippen LogP contribution >= 0.6 is 0 Å². The molecule has 0 radical (unpaired) electrons. The van der Waals surface area contributed by atoms with E-state index in [1.807, 2.05) is 38.1 Å². The van der Waals surface area contributed by atoms with E-state index in [0.717, 1.165) is 92.2 Å². The quantitative estimate of drug-likeness (QED) is 0.112. The van der Waals surface area contributed by atoms with Crippen molar-refractivity contribution in [3.05, 3.63) is 142 Å². The SMILES string of the molecule is Cc1ccc(F)c2c1NC(C(=O)Nc1cccc(N3CCN(c4cccc(CN(C)[C@H]5CC[C@H](c6cc(F)cc(NC(=O)C7Cc8c(F)ccc(C)c8N7)c6)CC5)c4)CC3)c1)C2. The minimum absolute atomic E-state index is 0.178. The van der Waals surface area contributed by atoms with Gasteiger partial charge < -0.3 is 31.1 Å². The molecule has 4 aliphatic rings. The lowest BCUT2D eigenvalue weighted by Crippen LogP contribution is -2.46. The fourth-order valence-corrected chi connectivity index (χ4v) is 9.96. The van der Waals surface area contributed by atoms with E-state index >= 15 is 0 Å². The summed E-state index contributed by atoms with van der Waals surface area (Å²) < 4.78 is 43.8. The van der Waals surface area contributed by atoms with Crippen LogP contribution in [0.1, 0.15) is 65.0 Å². The number of rotatable bonds is 10. The molecule has 2 amide bonds. The molecule has 322 valence electrons. The minimum Gasteiger partial charge on any atom is -0.373 e.